The van der Waals surface area contributed by atoms with Gasteiger partial charge in [-0.15, -0.1) is 0 Å². The molecule has 0 aromatic rings. The lowest BCUT2D eigenvalue weighted by atomic mass is 10.4. The lowest BCUT2D eigenvalue weighted by Gasteiger charge is -2.08. The van der Waals surface area contributed by atoms with E-state index in [0.29, 0.717) is 6.26 Å². The molecule has 86 valence electrons. The van der Waals surface area contributed by atoms with Crippen LogP contribution in [-0.4, -0.2) is 37.3 Å². The van der Waals surface area contributed by atoms with Crippen LogP contribution < -0.4 is 5.73 Å². The van der Waals surface area contributed by atoms with Gasteiger partial charge in [-0.25, -0.2) is 0 Å². The zero-order valence-electron chi connectivity index (χ0n) is 8.72. The summed E-state index contributed by atoms with van der Waals surface area (Å²) in [5.41, 5.74) is 5.21. The minimum Gasteiger partial charge on any atom is -0.462 e. The zero-order chi connectivity index (χ0) is 11.9. The molecule has 0 saturated heterocycles. The van der Waals surface area contributed by atoms with Crippen molar-refractivity contribution in [1.29, 1.82) is 0 Å². The highest BCUT2D eigenvalue weighted by molar-refractivity contribution is 7.85. The molecule has 0 heterocycles. The first-order valence-electron chi connectivity index (χ1n) is 3.92. The number of rotatable bonds is 2. The number of hydrogen-bond acceptors (Lipinski definition) is 5. The topological polar surface area (TPSA) is 107 Å². The second-order valence-electron chi connectivity index (χ2n) is 3.01. The highest BCUT2D eigenvalue weighted by Crippen LogP contribution is 1.90. The van der Waals surface area contributed by atoms with Crippen LogP contribution in [-0.2, 0) is 19.6 Å². The molecule has 3 N–H and O–H groups in total. The van der Waals surface area contributed by atoms with Gasteiger partial charge < -0.3 is 10.5 Å². The second-order valence-corrected chi connectivity index (χ2v) is 4.47. The van der Waals surface area contributed by atoms with Gasteiger partial charge >= 0.3 is 5.97 Å². The first-order chi connectivity index (χ1) is 6.04. The SMILES string of the molecule is CC(C)OC(=O)C(C)N.CS(=O)(=O)O. The number of nitrogens with two attached hydrogens (primary N) is 1. The molecule has 0 amide bonds. The maximum Gasteiger partial charge on any atom is 0.322 e. The quantitative estimate of drug-likeness (QED) is 0.499. The predicted molar refractivity (Wildman–Crippen MR) is 52.4 cm³/mol. The third-order valence-electron chi connectivity index (χ3n) is 0.724. The Morgan fingerprint density at radius 3 is 1.71 bits per heavy atom. The first-order valence-corrected chi connectivity index (χ1v) is 5.77. The van der Waals surface area contributed by atoms with Crippen molar-refractivity contribution >= 4 is 16.1 Å². The van der Waals surface area contributed by atoms with Crippen molar-refractivity contribution in [3.05, 3.63) is 0 Å². The van der Waals surface area contributed by atoms with Gasteiger partial charge in [0.1, 0.15) is 6.04 Å². The number of hydrogen-bond donors (Lipinski definition) is 2. The largest absolute Gasteiger partial charge is 0.462 e. The van der Waals surface area contributed by atoms with E-state index < -0.39 is 16.2 Å². The fourth-order valence-electron chi connectivity index (χ4n) is 0.340. The molecule has 0 saturated carbocycles. The van der Waals surface area contributed by atoms with E-state index in [2.05, 4.69) is 0 Å². The highest BCUT2D eigenvalue weighted by Gasteiger charge is 2.09. The van der Waals surface area contributed by atoms with Crippen LogP contribution in [0.4, 0.5) is 0 Å². The molecule has 14 heavy (non-hydrogen) atoms. The highest BCUT2D eigenvalue weighted by atomic mass is 32.2. The maximum absolute atomic E-state index is 10.6. The van der Waals surface area contributed by atoms with Crippen LogP contribution in [0.3, 0.4) is 0 Å². The van der Waals surface area contributed by atoms with Crippen molar-refractivity contribution in [2.75, 3.05) is 6.26 Å². The molecule has 0 spiro atoms. The number of ether oxygens (including phenoxy) is 1. The molecule has 7 heteroatoms. The summed E-state index contributed by atoms with van der Waals surface area (Å²) in [4.78, 5) is 10.6. The normalized spacial score (nSPS) is 12.8. The van der Waals surface area contributed by atoms with Gasteiger partial charge in [0.05, 0.1) is 12.4 Å². The zero-order valence-corrected chi connectivity index (χ0v) is 9.54. The van der Waals surface area contributed by atoms with E-state index in [0.717, 1.165) is 0 Å². The monoisotopic (exact) mass is 227 g/mol. The van der Waals surface area contributed by atoms with Crippen molar-refractivity contribution in [1.82, 2.24) is 0 Å². The number of esters is 1. The Balaban J connectivity index is 0. The molecule has 1 atom stereocenters. The summed E-state index contributed by atoms with van der Waals surface area (Å²) in [5, 5.41) is 0. The molecule has 1 unspecified atom stereocenters. The van der Waals surface area contributed by atoms with E-state index in [1.54, 1.807) is 20.8 Å². The average Bonchev–Trinajstić information content (AvgIpc) is 1.80. The van der Waals surface area contributed by atoms with Crippen molar-refractivity contribution < 1.29 is 22.5 Å². The van der Waals surface area contributed by atoms with E-state index in [1.807, 2.05) is 0 Å². The molecule has 0 rings (SSSR count). The average molecular weight is 227 g/mol. The van der Waals surface area contributed by atoms with Crippen molar-refractivity contribution in [2.24, 2.45) is 5.73 Å². The summed E-state index contributed by atoms with van der Waals surface area (Å²) >= 11 is 0. The van der Waals surface area contributed by atoms with Crippen LogP contribution in [0.5, 0.6) is 0 Å². The first kappa shape index (κ1) is 15.8. The Morgan fingerprint density at radius 2 is 1.64 bits per heavy atom. The molecular weight excluding hydrogens is 210 g/mol. The lowest BCUT2D eigenvalue weighted by Crippen LogP contribution is -2.30. The molecule has 6 nitrogen and oxygen atoms in total. The van der Waals surface area contributed by atoms with Gasteiger partial charge in [0.15, 0.2) is 0 Å². The molecular formula is C7H17NO5S. The van der Waals surface area contributed by atoms with Gasteiger partial charge in [0.25, 0.3) is 10.1 Å². The van der Waals surface area contributed by atoms with E-state index in [9.17, 15) is 13.2 Å². The fourth-order valence-corrected chi connectivity index (χ4v) is 0.340. The summed E-state index contributed by atoms with van der Waals surface area (Å²) in [6, 6.07) is -0.507. The van der Waals surface area contributed by atoms with Gasteiger partial charge in [0, 0.05) is 0 Å². The molecule has 0 radical (unpaired) electrons. The van der Waals surface area contributed by atoms with Crippen LogP contribution in [0.15, 0.2) is 0 Å². The van der Waals surface area contributed by atoms with Gasteiger partial charge in [0.2, 0.25) is 0 Å². The smallest absolute Gasteiger partial charge is 0.322 e. The summed E-state index contributed by atoms with van der Waals surface area (Å²) in [7, 11) is -3.67. The van der Waals surface area contributed by atoms with Crippen LogP contribution >= 0.6 is 0 Å². The van der Waals surface area contributed by atoms with Crippen LogP contribution in [0.2, 0.25) is 0 Å². The maximum atomic E-state index is 10.6. The molecule has 0 bridgehead atoms. The molecule has 0 aromatic carbocycles. The molecule has 0 fully saturated rings. The van der Waals surface area contributed by atoms with E-state index in [-0.39, 0.29) is 12.1 Å². The number of carbonyl (C=O) groups excluding carboxylic acids is 1. The van der Waals surface area contributed by atoms with Crippen molar-refractivity contribution in [3.8, 4) is 0 Å². The Labute approximate surface area is 84.2 Å². The molecule has 0 aliphatic heterocycles. The third kappa shape index (κ3) is 22.5. The summed E-state index contributed by atoms with van der Waals surface area (Å²) in [5.74, 6) is -0.343. The number of carbonyl (C=O) groups is 1. The van der Waals surface area contributed by atoms with Gasteiger partial charge in [-0.2, -0.15) is 8.42 Å². The van der Waals surface area contributed by atoms with E-state index in [4.69, 9.17) is 15.0 Å². The lowest BCUT2D eigenvalue weighted by molar-refractivity contribution is -0.148. The summed E-state index contributed by atoms with van der Waals surface area (Å²) < 4.78 is 30.6. The van der Waals surface area contributed by atoms with E-state index >= 15 is 0 Å². The summed E-state index contributed by atoms with van der Waals surface area (Å²) in [6.07, 6.45) is 0.649. The van der Waals surface area contributed by atoms with Crippen LogP contribution in [0, 0.1) is 0 Å². The fraction of sp³-hybridized carbons (Fsp3) is 0.857. The Morgan fingerprint density at radius 1 is 1.36 bits per heavy atom. The van der Waals surface area contributed by atoms with Gasteiger partial charge in [-0.05, 0) is 20.8 Å². The Kier molecular flexibility index (Phi) is 7.61. The van der Waals surface area contributed by atoms with Crippen molar-refractivity contribution in [3.63, 3.8) is 0 Å². The predicted octanol–water partition coefficient (Wildman–Crippen LogP) is -0.211. The molecule has 0 aliphatic rings. The standard InChI is InChI=1S/C6H13NO2.CH4O3S/c1-4(2)9-6(8)5(3)7;1-5(2,3)4/h4-5H,7H2,1-3H3;1H3,(H,2,3,4). The Hall–Kier alpha value is -0.660. The third-order valence-corrected chi connectivity index (χ3v) is 0.724. The van der Waals surface area contributed by atoms with Crippen LogP contribution in [0.1, 0.15) is 20.8 Å². The van der Waals surface area contributed by atoms with Crippen molar-refractivity contribution in [2.45, 2.75) is 32.9 Å². The van der Waals surface area contributed by atoms with Crippen LogP contribution in [0.25, 0.3) is 0 Å². The van der Waals surface area contributed by atoms with Gasteiger partial charge in [-0.3, -0.25) is 9.35 Å². The minimum absolute atomic E-state index is 0.0662. The second kappa shape index (κ2) is 6.74. The molecule has 0 aromatic heterocycles. The molecule has 0 aliphatic carbocycles. The minimum atomic E-state index is -3.67. The Bertz CT molecular complexity index is 249. The summed E-state index contributed by atoms with van der Waals surface area (Å²) in [6.45, 7) is 5.19. The van der Waals surface area contributed by atoms with E-state index in [1.165, 1.54) is 0 Å². The van der Waals surface area contributed by atoms with Gasteiger partial charge in [-0.1, -0.05) is 0 Å².